The van der Waals surface area contributed by atoms with E-state index in [4.69, 9.17) is 0 Å². The highest BCUT2D eigenvalue weighted by Crippen LogP contribution is 2.40. The number of hydrogen-bond donors (Lipinski definition) is 0. The molecule has 2 aromatic rings. The molecule has 0 amide bonds. The van der Waals surface area contributed by atoms with Gasteiger partial charge in [0.15, 0.2) is 0 Å². The normalized spacial score (nSPS) is 12.3. The average molecular weight is 259 g/mol. The molecule has 1 aromatic carbocycles. The molecule has 2 rings (SSSR count). The Kier molecular flexibility index (Phi) is 3.38. The minimum absolute atomic E-state index is 0.541. The highest BCUT2D eigenvalue weighted by atomic mass is 31.2. The molecule has 0 N–H and O–H groups in total. The molecule has 0 spiro atoms. The van der Waals surface area contributed by atoms with Gasteiger partial charge in [-0.15, -0.1) is 0 Å². The van der Waals surface area contributed by atoms with E-state index >= 15 is 0 Å². The minimum Gasteiger partial charge on any atom is -0.261 e. The summed E-state index contributed by atoms with van der Waals surface area (Å²) in [6.45, 7) is 9.88. The summed E-state index contributed by atoms with van der Waals surface area (Å²) in [6, 6.07) is 6.63. The summed E-state index contributed by atoms with van der Waals surface area (Å²) in [5.41, 5.74) is 2.55. The van der Waals surface area contributed by atoms with Gasteiger partial charge in [0.2, 0.25) is 0 Å². The number of aryl methyl sites for hydroxylation is 1. The number of pyridine rings is 1. The van der Waals surface area contributed by atoms with E-state index < -0.39 is 6.89 Å². The topological polar surface area (TPSA) is 12.9 Å². The number of hydrogen-bond acceptors (Lipinski definition) is 1. The van der Waals surface area contributed by atoms with Crippen LogP contribution in [0.25, 0.3) is 10.8 Å². The first kappa shape index (κ1) is 13.4. The second kappa shape index (κ2) is 4.55. The summed E-state index contributed by atoms with van der Waals surface area (Å²) >= 11 is 0. The van der Waals surface area contributed by atoms with Gasteiger partial charge in [0, 0.05) is 17.3 Å². The molecular weight excluding hydrogens is 237 g/mol. The lowest BCUT2D eigenvalue weighted by Gasteiger charge is -2.23. The van der Waals surface area contributed by atoms with Gasteiger partial charge < -0.3 is 0 Å². The fourth-order valence-corrected chi connectivity index (χ4v) is 4.42. The van der Waals surface area contributed by atoms with Crippen molar-refractivity contribution in [3.63, 3.8) is 0 Å². The van der Waals surface area contributed by atoms with Gasteiger partial charge in [0.25, 0.3) is 0 Å². The van der Waals surface area contributed by atoms with Gasteiger partial charge in [0.1, 0.15) is 0 Å². The molecule has 0 aliphatic rings. The first-order valence-electron chi connectivity index (χ1n) is 6.39. The van der Waals surface area contributed by atoms with Gasteiger partial charge in [-0.05, 0) is 48.5 Å². The first-order valence-corrected chi connectivity index (χ1v) is 9.26. The SMILES string of the molecule is C=P(C)(C)c1c(C(C)C)ccc2c(C)nccc12. The minimum atomic E-state index is -1.30. The van der Waals surface area contributed by atoms with Gasteiger partial charge in [-0.25, -0.2) is 0 Å². The molecule has 1 heterocycles. The van der Waals surface area contributed by atoms with Crippen LogP contribution in [0.3, 0.4) is 0 Å². The monoisotopic (exact) mass is 259 g/mol. The maximum absolute atomic E-state index is 4.45. The van der Waals surface area contributed by atoms with Crippen molar-refractivity contribution in [2.75, 3.05) is 13.3 Å². The standard InChI is InChI=1S/C16H22NP/c1-11(2)13-7-8-14-12(3)17-10-9-15(14)16(13)18(4,5)6/h7-11H,4H2,1-3,5-6H3. The second-order valence-corrected chi connectivity index (χ2v) is 9.65. The molecule has 0 fully saturated rings. The van der Waals surface area contributed by atoms with Crippen molar-refractivity contribution >= 4 is 29.3 Å². The van der Waals surface area contributed by atoms with Gasteiger partial charge in [-0.3, -0.25) is 4.98 Å². The van der Waals surface area contributed by atoms with Crippen LogP contribution in [-0.2, 0) is 0 Å². The lowest BCUT2D eigenvalue weighted by molar-refractivity contribution is 0.875. The largest absolute Gasteiger partial charge is 0.261 e. The van der Waals surface area contributed by atoms with Crippen molar-refractivity contribution in [3.8, 4) is 0 Å². The molecule has 0 aliphatic carbocycles. The molecule has 0 saturated heterocycles. The zero-order chi connectivity index (χ0) is 13.5. The zero-order valence-corrected chi connectivity index (χ0v) is 12.9. The Morgan fingerprint density at radius 2 is 1.78 bits per heavy atom. The Hall–Kier alpha value is -1.07. The van der Waals surface area contributed by atoms with Gasteiger partial charge in [0.05, 0.1) is 0 Å². The molecule has 0 aliphatic heterocycles. The predicted octanol–water partition coefficient (Wildman–Crippen LogP) is 4.00. The Morgan fingerprint density at radius 1 is 1.11 bits per heavy atom. The molecule has 0 bridgehead atoms. The third kappa shape index (κ3) is 2.24. The Bertz CT molecular complexity index is 635. The average Bonchev–Trinajstić information content (AvgIpc) is 2.26. The molecule has 0 radical (unpaired) electrons. The maximum Gasteiger partial charge on any atom is 0.0451 e. The number of benzene rings is 1. The number of aromatic nitrogens is 1. The van der Waals surface area contributed by atoms with E-state index in [1.54, 1.807) is 0 Å². The summed E-state index contributed by atoms with van der Waals surface area (Å²) in [4.78, 5) is 4.40. The van der Waals surface area contributed by atoms with Crippen molar-refractivity contribution in [2.45, 2.75) is 26.7 Å². The van der Waals surface area contributed by atoms with Gasteiger partial charge >= 0.3 is 0 Å². The van der Waals surface area contributed by atoms with Crippen LogP contribution in [0.5, 0.6) is 0 Å². The van der Waals surface area contributed by atoms with E-state index in [1.807, 2.05) is 6.20 Å². The van der Waals surface area contributed by atoms with Crippen LogP contribution < -0.4 is 5.30 Å². The van der Waals surface area contributed by atoms with Crippen LogP contribution in [0.1, 0.15) is 31.0 Å². The number of rotatable bonds is 2. The van der Waals surface area contributed by atoms with Crippen molar-refractivity contribution in [1.29, 1.82) is 0 Å². The number of nitrogens with zero attached hydrogens (tertiary/aromatic N) is 1. The zero-order valence-electron chi connectivity index (χ0n) is 12.0. The molecule has 0 saturated carbocycles. The summed E-state index contributed by atoms with van der Waals surface area (Å²) < 4.78 is 0. The highest BCUT2D eigenvalue weighted by Gasteiger charge is 2.17. The highest BCUT2D eigenvalue weighted by molar-refractivity contribution is 7.79. The fourth-order valence-electron chi connectivity index (χ4n) is 2.54. The Morgan fingerprint density at radius 3 is 2.33 bits per heavy atom. The van der Waals surface area contributed by atoms with E-state index in [2.05, 4.69) is 63.6 Å². The smallest absolute Gasteiger partial charge is 0.0451 e. The molecule has 96 valence electrons. The van der Waals surface area contributed by atoms with E-state index in [-0.39, 0.29) is 0 Å². The molecule has 1 aromatic heterocycles. The second-order valence-electron chi connectivity index (χ2n) is 5.83. The first-order chi connectivity index (χ1) is 8.32. The Labute approximate surface area is 110 Å². The summed E-state index contributed by atoms with van der Waals surface area (Å²) in [6.07, 6.45) is 6.37. The molecule has 18 heavy (non-hydrogen) atoms. The molecule has 1 nitrogen and oxygen atoms in total. The summed E-state index contributed by atoms with van der Waals surface area (Å²) in [7, 11) is 0. The lowest BCUT2D eigenvalue weighted by atomic mass is 9.99. The van der Waals surface area contributed by atoms with Crippen LogP contribution >= 0.6 is 6.89 Å². The molecule has 2 heteroatoms. The number of fused-ring (bicyclic) bond motifs is 1. The van der Waals surface area contributed by atoms with Gasteiger partial charge in [-0.2, -0.15) is 0 Å². The van der Waals surface area contributed by atoms with Crippen LogP contribution in [-0.4, -0.2) is 24.6 Å². The van der Waals surface area contributed by atoms with E-state index in [0.29, 0.717) is 5.92 Å². The van der Waals surface area contributed by atoms with Crippen LogP contribution in [0.15, 0.2) is 24.4 Å². The van der Waals surface area contributed by atoms with Crippen molar-refractivity contribution in [3.05, 3.63) is 35.7 Å². The lowest BCUT2D eigenvalue weighted by Crippen LogP contribution is -2.14. The summed E-state index contributed by atoms with van der Waals surface area (Å²) in [5.74, 6) is 0.541. The molecule has 0 atom stereocenters. The summed E-state index contributed by atoms with van der Waals surface area (Å²) in [5, 5.41) is 4.09. The van der Waals surface area contributed by atoms with Crippen molar-refractivity contribution in [1.82, 2.24) is 4.98 Å². The van der Waals surface area contributed by atoms with Crippen LogP contribution in [0.4, 0.5) is 0 Å². The fraction of sp³-hybridized carbons (Fsp3) is 0.375. The van der Waals surface area contributed by atoms with Crippen LogP contribution in [0.2, 0.25) is 0 Å². The van der Waals surface area contributed by atoms with E-state index in [0.717, 1.165) is 5.69 Å². The van der Waals surface area contributed by atoms with Crippen molar-refractivity contribution < 1.29 is 0 Å². The van der Waals surface area contributed by atoms with Crippen molar-refractivity contribution in [2.24, 2.45) is 0 Å². The quantitative estimate of drug-likeness (QED) is 0.743. The predicted molar refractivity (Wildman–Crippen MR) is 86.1 cm³/mol. The van der Waals surface area contributed by atoms with Gasteiger partial charge in [-0.1, -0.05) is 39.2 Å². The Balaban J connectivity index is 2.95. The third-order valence-electron chi connectivity index (χ3n) is 3.37. The van der Waals surface area contributed by atoms with E-state index in [9.17, 15) is 0 Å². The van der Waals surface area contributed by atoms with E-state index in [1.165, 1.54) is 21.6 Å². The molecule has 0 unspecified atom stereocenters. The third-order valence-corrected chi connectivity index (χ3v) is 5.08. The molecular formula is C16H22NP. The van der Waals surface area contributed by atoms with Crippen LogP contribution in [0, 0.1) is 6.92 Å². The maximum atomic E-state index is 4.45.